The SMILES string of the molecule is O=C(CNC(=O)[C@H](CSC(c1ccccc1)c1ccccc1)NC(=O)[C@H](CSC(c1ccccc1)(c1ccccc1)c1ccccc1)NC(=O)OCc1ccccc1)OC(c1ccccc1)c1ccccc1. The van der Waals surface area contributed by atoms with Gasteiger partial charge in [0, 0.05) is 11.5 Å². The molecule has 0 spiro atoms. The highest BCUT2D eigenvalue weighted by molar-refractivity contribution is 8.00. The van der Waals surface area contributed by atoms with Crippen LogP contribution in [0.25, 0.3) is 0 Å². The molecule has 0 radical (unpaired) electrons. The maximum Gasteiger partial charge on any atom is 0.408 e. The molecule has 8 rings (SSSR count). The lowest BCUT2D eigenvalue weighted by Crippen LogP contribution is -2.56. The number of alkyl carbamates (subject to hydrolysis) is 1. The van der Waals surface area contributed by atoms with E-state index in [4.69, 9.17) is 9.47 Å². The second kappa shape index (κ2) is 25.8. The standard InChI is InChI=1S/C61H55N3O6S2/c65-55(70-56(46-27-11-2-12-28-46)47-29-13-3-14-30-47)41-62-58(66)53(43-71-57(48-31-15-4-16-32-48)49-33-17-5-18-34-49)63-59(67)54(64-60(68)69-42-45-25-9-1-10-26-45)44-72-61(50-35-19-6-20-36-50,51-37-21-7-22-38-51)52-39-23-8-24-40-52/h1-40,53-54,56-57H,41-44H2,(H,62,66)(H,63,67)(H,64,68)/t53-,54-/m0/s1. The molecule has 8 aromatic carbocycles. The van der Waals surface area contributed by atoms with Crippen molar-refractivity contribution in [3.8, 4) is 0 Å². The number of ether oxygens (including phenoxy) is 2. The van der Waals surface area contributed by atoms with E-state index in [1.165, 1.54) is 23.5 Å². The number of thioether (sulfide) groups is 2. The van der Waals surface area contributed by atoms with Crippen LogP contribution in [0, 0.1) is 0 Å². The highest BCUT2D eigenvalue weighted by atomic mass is 32.2. The molecule has 3 amide bonds. The van der Waals surface area contributed by atoms with Crippen molar-refractivity contribution in [3.05, 3.63) is 287 Å². The Morgan fingerprint density at radius 2 is 0.833 bits per heavy atom. The quantitative estimate of drug-likeness (QED) is 0.0453. The third-order valence-electron chi connectivity index (χ3n) is 12.0. The van der Waals surface area contributed by atoms with Gasteiger partial charge in [-0.1, -0.05) is 243 Å². The normalized spacial score (nSPS) is 12.0. The van der Waals surface area contributed by atoms with E-state index in [-0.39, 0.29) is 23.4 Å². The first-order chi connectivity index (χ1) is 35.4. The first-order valence-electron chi connectivity index (χ1n) is 23.7. The number of nitrogens with one attached hydrogen (secondary N) is 3. The van der Waals surface area contributed by atoms with Crippen LogP contribution < -0.4 is 16.0 Å². The lowest BCUT2D eigenvalue weighted by atomic mass is 9.84. The number of carbonyl (C=O) groups is 4. The van der Waals surface area contributed by atoms with Crippen LogP contribution in [0.4, 0.5) is 4.79 Å². The minimum Gasteiger partial charge on any atom is -0.451 e. The van der Waals surface area contributed by atoms with Crippen molar-refractivity contribution >= 4 is 47.4 Å². The van der Waals surface area contributed by atoms with Crippen LogP contribution in [-0.2, 0) is 35.2 Å². The predicted octanol–water partition coefficient (Wildman–Crippen LogP) is 11.5. The highest BCUT2D eigenvalue weighted by Gasteiger charge is 2.39. The molecule has 2 atom stereocenters. The van der Waals surface area contributed by atoms with Crippen molar-refractivity contribution in [3.63, 3.8) is 0 Å². The van der Waals surface area contributed by atoms with Crippen molar-refractivity contribution in [2.24, 2.45) is 0 Å². The molecule has 8 aromatic rings. The molecule has 0 saturated carbocycles. The third kappa shape index (κ3) is 13.5. The zero-order valence-electron chi connectivity index (χ0n) is 39.5. The van der Waals surface area contributed by atoms with Gasteiger partial charge in [-0.25, -0.2) is 4.79 Å². The molecule has 0 bridgehead atoms. The molecule has 0 aliphatic heterocycles. The molecule has 0 aromatic heterocycles. The first-order valence-corrected chi connectivity index (χ1v) is 25.8. The topological polar surface area (TPSA) is 123 Å². The van der Waals surface area contributed by atoms with Crippen LogP contribution in [0.2, 0.25) is 0 Å². The summed E-state index contributed by atoms with van der Waals surface area (Å²) in [5.74, 6) is -1.74. The fourth-order valence-electron chi connectivity index (χ4n) is 8.39. The Morgan fingerprint density at radius 3 is 1.28 bits per heavy atom. The molecule has 0 fully saturated rings. The molecular weight excluding hydrogens is 935 g/mol. The number of esters is 1. The Labute approximate surface area is 429 Å². The van der Waals surface area contributed by atoms with Crippen LogP contribution in [0.3, 0.4) is 0 Å². The largest absolute Gasteiger partial charge is 0.451 e. The zero-order chi connectivity index (χ0) is 49.8. The van der Waals surface area contributed by atoms with Gasteiger partial charge in [0.05, 0.1) is 10.00 Å². The van der Waals surface area contributed by atoms with Crippen LogP contribution in [0.1, 0.15) is 55.9 Å². The lowest BCUT2D eigenvalue weighted by molar-refractivity contribution is -0.147. The molecule has 72 heavy (non-hydrogen) atoms. The third-order valence-corrected chi connectivity index (χ3v) is 15.0. The summed E-state index contributed by atoms with van der Waals surface area (Å²) in [6, 6.07) is 75.7. The molecule has 0 aliphatic carbocycles. The number of carbonyl (C=O) groups excluding carboxylic acids is 4. The van der Waals surface area contributed by atoms with Gasteiger partial charge >= 0.3 is 12.1 Å². The summed E-state index contributed by atoms with van der Waals surface area (Å²) in [6.07, 6.45) is -1.52. The summed E-state index contributed by atoms with van der Waals surface area (Å²) < 4.78 is 10.9. The van der Waals surface area contributed by atoms with Gasteiger partial charge in [0.2, 0.25) is 11.8 Å². The second-order valence-electron chi connectivity index (χ2n) is 16.9. The lowest BCUT2D eigenvalue weighted by Gasteiger charge is -2.36. The van der Waals surface area contributed by atoms with Crippen LogP contribution in [0.15, 0.2) is 243 Å². The van der Waals surface area contributed by atoms with Gasteiger partial charge in [-0.3, -0.25) is 14.4 Å². The maximum absolute atomic E-state index is 15.1. The van der Waals surface area contributed by atoms with Crippen molar-refractivity contribution in [2.45, 2.75) is 34.8 Å². The maximum atomic E-state index is 15.1. The van der Waals surface area contributed by atoms with E-state index >= 15 is 4.79 Å². The number of hydrogen-bond donors (Lipinski definition) is 3. The molecule has 0 aliphatic rings. The van der Waals surface area contributed by atoms with E-state index in [0.717, 1.165) is 44.5 Å². The van der Waals surface area contributed by atoms with Crippen molar-refractivity contribution < 1.29 is 28.7 Å². The number of rotatable bonds is 22. The smallest absolute Gasteiger partial charge is 0.408 e. The van der Waals surface area contributed by atoms with E-state index in [9.17, 15) is 14.4 Å². The van der Waals surface area contributed by atoms with Gasteiger partial charge in [-0.15, -0.1) is 23.5 Å². The van der Waals surface area contributed by atoms with Crippen molar-refractivity contribution in [1.82, 2.24) is 16.0 Å². The number of hydrogen-bond acceptors (Lipinski definition) is 8. The van der Waals surface area contributed by atoms with Gasteiger partial charge in [-0.2, -0.15) is 0 Å². The average molecular weight is 990 g/mol. The summed E-state index contributed by atoms with van der Waals surface area (Å²) in [4.78, 5) is 57.3. The second-order valence-corrected chi connectivity index (χ2v) is 19.2. The molecule has 0 saturated heterocycles. The summed E-state index contributed by atoms with van der Waals surface area (Å²) in [7, 11) is 0. The summed E-state index contributed by atoms with van der Waals surface area (Å²) in [5.41, 5.74) is 7.23. The molecule has 362 valence electrons. The van der Waals surface area contributed by atoms with Crippen LogP contribution in [-0.4, -0.2) is 54.0 Å². The zero-order valence-corrected chi connectivity index (χ0v) is 41.1. The van der Waals surface area contributed by atoms with E-state index in [2.05, 4.69) is 52.3 Å². The molecule has 11 heteroatoms. The summed E-state index contributed by atoms with van der Waals surface area (Å²) >= 11 is 2.96. The van der Waals surface area contributed by atoms with Crippen molar-refractivity contribution in [1.29, 1.82) is 0 Å². The van der Waals surface area contributed by atoms with Gasteiger partial charge in [0.15, 0.2) is 6.10 Å². The fraction of sp³-hybridized carbons (Fsp3) is 0.148. The molecular formula is C61H55N3O6S2. The Morgan fingerprint density at radius 1 is 0.444 bits per heavy atom. The van der Waals surface area contributed by atoms with E-state index in [1.54, 1.807) is 0 Å². The Kier molecular flexibility index (Phi) is 18.1. The molecule has 0 heterocycles. The number of amides is 3. The predicted molar refractivity (Wildman–Crippen MR) is 288 cm³/mol. The minimum atomic E-state index is -1.21. The van der Waals surface area contributed by atoms with Crippen LogP contribution >= 0.6 is 23.5 Å². The average Bonchev–Trinajstić information content (AvgIpc) is 3.45. The van der Waals surface area contributed by atoms with Crippen LogP contribution in [0.5, 0.6) is 0 Å². The van der Waals surface area contributed by atoms with Crippen molar-refractivity contribution in [2.75, 3.05) is 18.1 Å². The molecule has 0 unspecified atom stereocenters. The van der Waals surface area contributed by atoms with Gasteiger partial charge in [0.1, 0.15) is 25.2 Å². The number of benzene rings is 8. The fourth-order valence-corrected chi connectivity index (χ4v) is 11.3. The van der Waals surface area contributed by atoms with E-state index < -0.39 is 53.4 Å². The molecule has 3 N–H and O–H groups in total. The Bertz CT molecular complexity index is 2750. The van der Waals surface area contributed by atoms with Gasteiger partial charge in [-0.05, 0) is 44.5 Å². The minimum absolute atomic E-state index is 0.0241. The highest BCUT2D eigenvalue weighted by Crippen LogP contribution is 2.48. The summed E-state index contributed by atoms with van der Waals surface area (Å²) in [5, 5.41) is 8.45. The Hall–Kier alpha value is -7.86. The molecule has 9 nitrogen and oxygen atoms in total. The van der Waals surface area contributed by atoms with E-state index in [0.29, 0.717) is 0 Å². The first kappa shape index (κ1) is 50.5. The monoisotopic (exact) mass is 989 g/mol. The summed E-state index contributed by atoms with van der Waals surface area (Å²) in [6.45, 7) is -0.492. The Balaban J connectivity index is 1.10. The van der Waals surface area contributed by atoms with Gasteiger partial charge < -0.3 is 25.4 Å². The van der Waals surface area contributed by atoms with Gasteiger partial charge in [0.25, 0.3) is 0 Å². The van der Waals surface area contributed by atoms with E-state index in [1.807, 2.05) is 206 Å².